The maximum Gasteiger partial charge on any atom is 0.0897 e. The average molecular weight is 401 g/mol. The summed E-state index contributed by atoms with van der Waals surface area (Å²) in [6.07, 6.45) is 7.03. The summed E-state index contributed by atoms with van der Waals surface area (Å²) in [6.45, 7) is 3.96. The number of anilines is 1. The molecule has 1 aliphatic rings. The van der Waals surface area contributed by atoms with Crippen molar-refractivity contribution in [3.63, 3.8) is 0 Å². The summed E-state index contributed by atoms with van der Waals surface area (Å²) in [5, 5.41) is 15.4. The fourth-order valence-corrected chi connectivity index (χ4v) is 4.41. The molecule has 1 saturated carbocycles. The highest BCUT2D eigenvalue weighted by atomic mass is 35.5. The van der Waals surface area contributed by atoms with E-state index in [2.05, 4.69) is 30.4 Å². The van der Waals surface area contributed by atoms with Crippen LogP contribution < -0.4 is 11.1 Å². The van der Waals surface area contributed by atoms with E-state index in [0.29, 0.717) is 10.9 Å². The lowest BCUT2D eigenvalue weighted by Crippen LogP contribution is -2.30. The lowest BCUT2D eigenvalue weighted by atomic mass is 9.73. The summed E-state index contributed by atoms with van der Waals surface area (Å²) in [5.41, 5.74) is 9.73. The van der Waals surface area contributed by atoms with Crippen molar-refractivity contribution in [1.29, 1.82) is 0 Å². The minimum Gasteiger partial charge on any atom is -0.385 e. The van der Waals surface area contributed by atoms with Gasteiger partial charge in [-0.25, -0.2) is 0 Å². The van der Waals surface area contributed by atoms with Gasteiger partial charge in [-0.15, -0.1) is 0 Å². The number of rotatable bonds is 8. The predicted octanol–water partition coefficient (Wildman–Crippen LogP) is 5.73. The van der Waals surface area contributed by atoms with Crippen molar-refractivity contribution in [3.8, 4) is 0 Å². The van der Waals surface area contributed by atoms with Gasteiger partial charge < -0.3 is 16.2 Å². The Kier molecular flexibility index (Phi) is 7.39. The molecule has 28 heavy (non-hydrogen) atoms. The van der Waals surface area contributed by atoms with E-state index in [0.717, 1.165) is 57.2 Å². The van der Waals surface area contributed by atoms with Gasteiger partial charge in [-0.1, -0.05) is 42.3 Å². The molecule has 4 N–H and O–H groups in total. The first kappa shape index (κ1) is 21.2. The molecule has 0 atom stereocenters. The van der Waals surface area contributed by atoms with Gasteiger partial charge in [-0.3, -0.25) is 0 Å². The number of nitrogens with two attached hydrogens (primary N) is 1. The highest BCUT2D eigenvalue weighted by Gasteiger charge is 2.35. The number of aliphatic hydroxyl groups is 1. The van der Waals surface area contributed by atoms with Crippen LogP contribution in [0.1, 0.15) is 67.6 Å². The highest BCUT2D eigenvalue weighted by Crippen LogP contribution is 2.43. The second kappa shape index (κ2) is 9.78. The Balaban J connectivity index is 1.56. The van der Waals surface area contributed by atoms with Crippen molar-refractivity contribution >= 4 is 17.3 Å². The molecule has 0 heterocycles. The van der Waals surface area contributed by atoms with Crippen LogP contribution in [-0.4, -0.2) is 18.2 Å². The van der Waals surface area contributed by atoms with Crippen molar-refractivity contribution < 1.29 is 5.11 Å². The fraction of sp³-hybridized carbons (Fsp3) is 0.500. The van der Waals surface area contributed by atoms with Crippen LogP contribution in [0.3, 0.4) is 0 Å². The monoisotopic (exact) mass is 400 g/mol. The van der Waals surface area contributed by atoms with Gasteiger partial charge in [0.15, 0.2) is 0 Å². The van der Waals surface area contributed by atoms with Crippen molar-refractivity contribution in [3.05, 3.63) is 64.2 Å². The van der Waals surface area contributed by atoms with Crippen molar-refractivity contribution in [2.45, 2.75) is 63.4 Å². The van der Waals surface area contributed by atoms with Gasteiger partial charge in [-0.05, 0) is 92.8 Å². The summed E-state index contributed by atoms with van der Waals surface area (Å²) in [7, 11) is 0. The summed E-state index contributed by atoms with van der Waals surface area (Å²) in [6, 6.07) is 14.4. The minimum absolute atomic E-state index is 0.518. The smallest absolute Gasteiger partial charge is 0.0897 e. The zero-order valence-electron chi connectivity index (χ0n) is 16.9. The highest BCUT2D eigenvalue weighted by molar-refractivity contribution is 6.30. The molecular weight excluding hydrogens is 368 g/mol. The molecule has 0 aliphatic heterocycles. The first-order chi connectivity index (χ1) is 13.5. The molecule has 0 bridgehead atoms. The molecule has 2 aromatic carbocycles. The number of nitrogens with one attached hydrogen (secondary N) is 1. The van der Waals surface area contributed by atoms with E-state index < -0.39 is 5.60 Å². The third-order valence-electron chi connectivity index (χ3n) is 6.11. The normalized spacial score (nSPS) is 22.2. The van der Waals surface area contributed by atoms with Crippen LogP contribution >= 0.6 is 11.6 Å². The minimum atomic E-state index is -0.721. The molecule has 1 aliphatic carbocycles. The molecule has 0 amide bonds. The second-order valence-electron chi connectivity index (χ2n) is 8.16. The lowest BCUT2D eigenvalue weighted by molar-refractivity contribution is -0.00566. The van der Waals surface area contributed by atoms with E-state index in [-0.39, 0.29) is 0 Å². The van der Waals surface area contributed by atoms with E-state index >= 15 is 0 Å². The molecule has 152 valence electrons. The van der Waals surface area contributed by atoms with Gasteiger partial charge in [0.25, 0.3) is 0 Å². The van der Waals surface area contributed by atoms with Gasteiger partial charge in [0, 0.05) is 17.3 Å². The van der Waals surface area contributed by atoms with Crippen molar-refractivity contribution in [1.82, 2.24) is 0 Å². The van der Waals surface area contributed by atoms with Crippen LogP contribution in [0.5, 0.6) is 0 Å². The largest absolute Gasteiger partial charge is 0.385 e. The number of aryl methyl sites for hydroxylation is 1. The number of hydrogen-bond acceptors (Lipinski definition) is 3. The van der Waals surface area contributed by atoms with Crippen LogP contribution in [0.2, 0.25) is 5.02 Å². The summed E-state index contributed by atoms with van der Waals surface area (Å²) >= 11 is 5.99. The fourth-order valence-electron chi connectivity index (χ4n) is 4.29. The Morgan fingerprint density at radius 2 is 1.79 bits per heavy atom. The summed E-state index contributed by atoms with van der Waals surface area (Å²) in [5.74, 6) is 0.518. The molecule has 0 aromatic heterocycles. The van der Waals surface area contributed by atoms with Gasteiger partial charge in [0.05, 0.1) is 5.60 Å². The lowest BCUT2D eigenvalue weighted by Gasteiger charge is -2.37. The Morgan fingerprint density at radius 3 is 2.43 bits per heavy atom. The van der Waals surface area contributed by atoms with E-state index in [1.807, 2.05) is 24.3 Å². The molecular formula is C24H33ClN2O. The molecule has 1 fully saturated rings. The van der Waals surface area contributed by atoms with Crippen LogP contribution in [0.25, 0.3) is 0 Å². The predicted molar refractivity (Wildman–Crippen MR) is 119 cm³/mol. The van der Waals surface area contributed by atoms with Crippen LogP contribution in [0.4, 0.5) is 5.69 Å². The maximum absolute atomic E-state index is 11.1. The number of halogens is 1. The molecule has 3 rings (SSSR count). The van der Waals surface area contributed by atoms with E-state index in [4.69, 9.17) is 17.3 Å². The van der Waals surface area contributed by atoms with E-state index in [1.165, 1.54) is 23.2 Å². The molecule has 0 radical (unpaired) electrons. The van der Waals surface area contributed by atoms with Gasteiger partial charge >= 0.3 is 0 Å². The topological polar surface area (TPSA) is 58.3 Å². The Hall–Kier alpha value is -1.55. The van der Waals surface area contributed by atoms with Crippen LogP contribution in [-0.2, 0) is 5.60 Å². The second-order valence-corrected chi connectivity index (χ2v) is 8.60. The molecule has 3 nitrogen and oxygen atoms in total. The third kappa shape index (κ3) is 5.28. The molecule has 0 saturated heterocycles. The van der Waals surface area contributed by atoms with Gasteiger partial charge in [-0.2, -0.15) is 0 Å². The average Bonchev–Trinajstić information content (AvgIpc) is 2.70. The summed E-state index contributed by atoms with van der Waals surface area (Å²) < 4.78 is 0. The Morgan fingerprint density at radius 1 is 1.07 bits per heavy atom. The van der Waals surface area contributed by atoms with Crippen LogP contribution in [0.15, 0.2) is 42.5 Å². The number of benzene rings is 2. The van der Waals surface area contributed by atoms with E-state index in [9.17, 15) is 5.11 Å². The Labute approximate surface area is 174 Å². The molecule has 0 unspecified atom stereocenters. The van der Waals surface area contributed by atoms with Crippen LogP contribution in [0, 0.1) is 6.92 Å². The molecule has 0 spiro atoms. The first-order valence-electron chi connectivity index (χ1n) is 10.5. The van der Waals surface area contributed by atoms with Crippen molar-refractivity contribution in [2.24, 2.45) is 5.73 Å². The Bertz CT molecular complexity index is 752. The zero-order chi connectivity index (χ0) is 20.0. The molecule has 4 heteroatoms. The van der Waals surface area contributed by atoms with Crippen molar-refractivity contribution in [2.75, 3.05) is 18.4 Å². The SMILES string of the molecule is Cc1cc(C2CCC(O)(c3ccc(Cl)cc3)CC2)ccc1NCCCCCN. The van der Waals surface area contributed by atoms with Gasteiger partial charge in [0.1, 0.15) is 0 Å². The number of unbranched alkanes of at least 4 members (excludes halogenated alkanes) is 2. The molecule has 2 aromatic rings. The van der Waals surface area contributed by atoms with E-state index in [1.54, 1.807) is 0 Å². The maximum atomic E-state index is 11.1. The zero-order valence-corrected chi connectivity index (χ0v) is 17.6. The first-order valence-corrected chi connectivity index (χ1v) is 10.9. The third-order valence-corrected chi connectivity index (χ3v) is 6.36. The van der Waals surface area contributed by atoms with Gasteiger partial charge in [0.2, 0.25) is 0 Å². The number of hydrogen-bond donors (Lipinski definition) is 3. The summed E-state index contributed by atoms with van der Waals surface area (Å²) in [4.78, 5) is 0. The standard InChI is InChI=1S/C24H33ClN2O/c1-18-17-20(5-10-23(18)27-16-4-2-3-15-26)19-11-13-24(28,14-12-19)21-6-8-22(25)9-7-21/h5-10,17,19,27-28H,2-4,11-16,26H2,1H3. The quantitative estimate of drug-likeness (QED) is 0.495.